The van der Waals surface area contributed by atoms with Crippen molar-refractivity contribution in [3.05, 3.63) is 33.3 Å². The molecule has 18 heavy (non-hydrogen) atoms. The lowest BCUT2D eigenvalue weighted by atomic mass is 10.0. The van der Waals surface area contributed by atoms with Gasteiger partial charge in [0.2, 0.25) is 0 Å². The highest BCUT2D eigenvalue weighted by atomic mass is 79.9. The molecule has 0 spiro atoms. The van der Waals surface area contributed by atoms with Gasteiger partial charge in [-0.3, -0.25) is 0 Å². The molecular weight excluding hydrogens is 312 g/mol. The maximum atomic E-state index is 6.07. The average Bonchev–Trinajstić information content (AvgIpc) is 2.75. The van der Waals surface area contributed by atoms with Crippen LogP contribution in [0, 0.1) is 5.92 Å². The molecule has 1 aromatic carbocycles. The number of hydrogen-bond acceptors (Lipinski definition) is 2. The predicted octanol–water partition coefficient (Wildman–Crippen LogP) is 3.88. The van der Waals surface area contributed by atoms with E-state index >= 15 is 0 Å². The van der Waals surface area contributed by atoms with Crippen molar-refractivity contribution in [2.45, 2.75) is 38.3 Å². The van der Waals surface area contributed by atoms with Crippen LogP contribution in [0.25, 0.3) is 0 Å². The standard InChI is InChI=1S/C14H20BrClN2/c1-9-2-4-11(6-9)18-14(8-17)12-7-10(16)3-5-13(12)15/h3,5,7,9,11,14,18H,2,4,6,8,17H2,1H3. The van der Waals surface area contributed by atoms with Crippen molar-refractivity contribution in [2.75, 3.05) is 6.54 Å². The highest BCUT2D eigenvalue weighted by Gasteiger charge is 2.24. The second kappa shape index (κ2) is 6.38. The van der Waals surface area contributed by atoms with Crippen molar-refractivity contribution in [1.82, 2.24) is 5.32 Å². The summed E-state index contributed by atoms with van der Waals surface area (Å²) in [7, 11) is 0. The summed E-state index contributed by atoms with van der Waals surface area (Å²) in [6.07, 6.45) is 3.80. The summed E-state index contributed by atoms with van der Waals surface area (Å²) in [5.74, 6) is 0.823. The normalized spacial score (nSPS) is 25.3. The second-order valence-electron chi connectivity index (χ2n) is 5.24. The molecule has 0 heterocycles. The fourth-order valence-corrected chi connectivity index (χ4v) is 3.41. The lowest BCUT2D eigenvalue weighted by Crippen LogP contribution is -2.35. The van der Waals surface area contributed by atoms with E-state index in [0.717, 1.165) is 21.0 Å². The van der Waals surface area contributed by atoms with E-state index < -0.39 is 0 Å². The van der Waals surface area contributed by atoms with Crippen molar-refractivity contribution < 1.29 is 0 Å². The average molecular weight is 332 g/mol. The van der Waals surface area contributed by atoms with Crippen LogP contribution in [-0.2, 0) is 0 Å². The molecule has 0 saturated heterocycles. The quantitative estimate of drug-likeness (QED) is 0.878. The van der Waals surface area contributed by atoms with Crippen LogP contribution in [0.2, 0.25) is 5.02 Å². The first-order chi connectivity index (χ1) is 8.60. The first-order valence-corrected chi connectivity index (χ1v) is 7.68. The van der Waals surface area contributed by atoms with E-state index in [0.29, 0.717) is 12.6 Å². The molecule has 1 aliphatic carbocycles. The minimum absolute atomic E-state index is 0.174. The number of nitrogens with one attached hydrogen (secondary N) is 1. The molecule has 4 heteroatoms. The van der Waals surface area contributed by atoms with Gasteiger partial charge in [-0.1, -0.05) is 34.5 Å². The molecule has 0 aliphatic heterocycles. The molecule has 1 aliphatic rings. The number of nitrogens with two attached hydrogens (primary N) is 1. The van der Waals surface area contributed by atoms with Gasteiger partial charge in [0.15, 0.2) is 0 Å². The molecule has 0 radical (unpaired) electrons. The molecule has 3 atom stereocenters. The molecule has 1 fully saturated rings. The van der Waals surface area contributed by atoms with Crippen LogP contribution in [0.15, 0.2) is 22.7 Å². The topological polar surface area (TPSA) is 38.0 Å². The van der Waals surface area contributed by atoms with E-state index in [2.05, 4.69) is 28.2 Å². The largest absolute Gasteiger partial charge is 0.329 e. The summed E-state index contributed by atoms with van der Waals surface area (Å²) < 4.78 is 1.07. The first-order valence-electron chi connectivity index (χ1n) is 6.51. The fourth-order valence-electron chi connectivity index (χ4n) is 2.71. The number of rotatable bonds is 4. The minimum Gasteiger partial charge on any atom is -0.329 e. The summed E-state index contributed by atoms with van der Waals surface area (Å²) in [5, 5.41) is 4.42. The Hall–Kier alpha value is -0.0900. The van der Waals surface area contributed by atoms with Crippen LogP contribution in [0.4, 0.5) is 0 Å². The smallest absolute Gasteiger partial charge is 0.0458 e. The fraction of sp³-hybridized carbons (Fsp3) is 0.571. The molecule has 1 saturated carbocycles. The third-order valence-electron chi connectivity index (χ3n) is 3.70. The van der Waals surface area contributed by atoms with Crippen LogP contribution in [0.5, 0.6) is 0 Å². The third-order valence-corrected chi connectivity index (χ3v) is 4.66. The van der Waals surface area contributed by atoms with Gasteiger partial charge in [-0.2, -0.15) is 0 Å². The van der Waals surface area contributed by atoms with Crippen molar-refractivity contribution >= 4 is 27.5 Å². The molecule has 3 N–H and O–H groups in total. The van der Waals surface area contributed by atoms with Crippen LogP contribution in [0.1, 0.15) is 37.8 Å². The van der Waals surface area contributed by atoms with Gasteiger partial charge in [0.1, 0.15) is 0 Å². The van der Waals surface area contributed by atoms with Gasteiger partial charge in [-0.05, 0) is 48.9 Å². The lowest BCUT2D eigenvalue weighted by Gasteiger charge is -2.23. The van der Waals surface area contributed by atoms with Crippen LogP contribution in [-0.4, -0.2) is 12.6 Å². The molecule has 0 amide bonds. The Morgan fingerprint density at radius 2 is 2.28 bits per heavy atom. The minimum atomic E-state index is 0.174. The monoisotopic (exact) mass is 330 g/mol. The summed E-state index contributed by atoms with van der Waals surface area (Å²) in [6.45, 7) is 2.90. The van der Waals surface area contributed by atoms with E-state index in [1.54, 1.807) is 0 Å². The Morgan fingerprint density at radius 3 is 2.89 bits per heavy atom. The lowest BCUT2D eigenvalue weighted by molar-refractivity contribution is 0.433. The predicted molar refractivity (Wildman–Crippen MR) is 80.9 cm³/mol. The van der Waals surface area contributed by atoms with Crippen molar-refractivity contribution in [2.24, 2.45) is 11.7 Å². The summed E-state index contributed by atoms with van der Waals surface area (Å²) in [4.78, 5) is 0. The molecule has 2 rings (SSSR count). The summed E-state index contributed by atoms with van der Waals surface area (Å²) in [6, 6.07) is 6.63. The molecule has 100 valence electrons. The maximum Gasteiger partial charge on any atom is 0.0458 e. The number of halogens is 2. The molecule has 0 aromatic heterocycles. The third kappa shape index (κ3) is 3.47. The van der Waals surface area contributed by atoms with Gasteiger partial charge in [0.05, 0.1) is 0 Å². The molecule has 1 aromatic rings. The molecule has 2 nitrogen and oxygen atoms in total. The Bertz CT molecular complexity index is 411. The van der Waals surface area contributed by atoms with Crippen molar-refractivity contribution in [3.8, 4) is 0 Å². The summed E-state index contributed by atoms with van der Waals surface area (Å²) in [5.41, 5.74) is 7.07. The Morgan fingerprint density at radius 1 is 1.50 bits per heavy atom. The van der Waals surface area contributed by atoms with E-state index in [1.165, 1.54) is 19.3 Å². The molecule has 0 bridgehead atoms. The molecular formula is C14H20BrClN2. The highest BCUT2D eigenvalue weighted by Crippen LogP contribution is 2.30. The van der Waals surface area contributed by atoms with Crippen molar-refractivity contribution in [1.29, 1.82) is 0 Å². The van der Waals surface area contributed by atoms with Gasteiger partial charge in [0.25, 0.3) is 0 Å². The van der Waals surface area contributed by atoms with Gasteiger partial charge in [-0.15, -0.1) is 0 Å². The highest BCUT2D eigenvalue weighted by molar-refractivity contribution is 9.10. The number of benzene rings is 1. The SMILES string of the molecule is CC1CCC(NC(CN)c2cc(Cl)ccc2Br)C1. The van der Waals surface area contributed by atoms with E-state index in [1.807, 2.05) is 18.2 Å². The zero-order valence-electron chi connectivity index (χ0n) is 10.6. The maximum absolute atomic E-state index is 6.07. The van der Waals surface area contributed by atoms with E-state index in [9.17, 15) is 0 Å². The Balaban J connectivity index is 2.10. The van der Waals surface area contributed by atoms with Gasteiger partial charge in [0, 0.05) is 28.1 Å². The Labute approximate surface area is 122 Å². The van der Waals surface area contributed by atoms with Gasteiger partial charge >= 0.3 is 0 Å². The first kappa shape index (κ1) is 14.3. The second-order valence-corrected chi connectivity index (χ2v) is 6.53. The van der Waals surface area contributed by atoms with Crippen molar-refractivity contribution in [3.63, 3.8) is 0 Å². The van der Waals surface area contributed by atoms with Crippen LogP contribution < -0.4 is 11.1 Å². The van der Waals surface area contributed by atoms with Gasteiger partial charge < -0.3 is 11.1 Å². The molecule has 3 unspecified atom stereocenters. The zero-order valence-corrected chi connectivity index (χ0v) is 13.0. The van der Waals surface area contributed by atoms with Crippen LogP contribution in [0.3, 0.4) is 0 Å². The van der Waals surface area contributed by atoms with E-state index in [4.69, 9.17) is 17.3 Å². The van der Waals surface area contributed by atoms with E-state index in [-0.39, 0.29) is 6.04 Å². The van der Waals surface area contributed by atoms with Gasteiger partial charge in [-0.25, -0.2) is 0 Å². The number of hydrogen-bond donors (Lipinski definition) is 2. The summed E-state index contributed by atoms with van der Waals surface area (Å²) >= 11 is 9.65. The van der Waals surface area contributed by atoms with Crippen LogP contribution >= 0.6 is 27.5 Å². The zero-order chi connectivity index (χ0) is 13.1. The Kier molecular flexibility index (Phi) is 5.07.